The van der Waals surface area contributed by atoms with Crippen LogP contribution in [-0.4, -0.2) is 55.6 Å². The van der Waals surface area contributed by atoms with Crippen molar-refractivity contribution in [2.75, 3.05) is 26.7 Å². The van der Waals surface area contributed by atoms with Gasteiger partial charge in [0.25, 0.3) is 0 Å². The Morgan fingerprint density at radius 2 is 1.85 bits per heavy atom. The third kappa shape index (κ3) is 4.67. The van der Waals surface area contributed by atoms with Crippen LogP contribution in [0.15, 0.2) is 0 Å². The number of nitrogens with zero attached hydrogens (tertiary/aromatic N) is 1. The fourth-order valence-corrected chi connectivity index (χ4v) is 2.67. The van der Waals surface area contributed by atoms with Gasteiger partial charge in [-0.15, -0.1) is 0 Å². The molecule has 1 heterocycles. The molecule has 1 unspecified atom stereocenters. The van der Waals surface area contributed by atoms with Crippen molar-refractivity contribution in [3.63, 3.8) is 0 Å². The van der Waals surface area contributed by atoms with E-state index in [4.69, 9.17) is 0 Å². The van der Waals surface area contributed by atoms with Crippen LogP contribution in [0.25, 0.3) is 0 Å². The minimum Gasteiger partial charge on any atom is -0.358 e. The number of urea groups is 1. The van der Waals surface area contributed by atoms with Gasteiger partial charge in [-0.1, -0.05) is 0 Å². The van der Waals surface area contributed by atoms with E-state index in [2.05, 4.69) is 27.8 Å². The molecule has 3 amide bonds. The molecule has 2 rings (SSSR count). The maximum atomic E-state index is 11.9. The number of carbonyl (C=O) groups excluding carboxylic acids is 2. The Morgan fingerprint density at radius 3 is 2.40 bits per heavy atom. The summed E-state index contributed by atoms with van der Waals surface area (Å²) < 4.78 is 0. The van der Waals surface area contributed by atoms with Crippen molar-refractivity contribution in [3.8, 4) is 0 Å². The van der Waals surface area contributed by atoms with Crippen molar-refractivity contribution in [1.29, 1.82) is 0 Å². The first-order valence-electron chi connectivity index (χ1n) is 7.58. The highest BCUT2D eigenvalue weighted by Gasteiger charge is 2.29. The lowest BCUT2D eigenvalue weighted by Gasteiger charge is -2.32. The molecule has 1 atom stereocenters. The number of likely N-dealkylation sites (N-methyl/N-ethyl adjacent to an activating group) is 1. The van der Waals surface area contributed by atoms with Gasteiger partial charge in [-0.3, -0.25) is 9.69 Å². The van der Waals surface area contributed by atoms with Crippen molar-refractivity contribution >= 4 is 11.9 Å². The highest BCUT2D eigenvalue weighted by Crippen LogP contribution is 2.32. The first-order chi connectivity index (χ1) is 9.58. The lowest BCUT2D eigenvalue weighted by Crippen LogP contribution is -2.50. The zero-order chi connectivity index (χ0) is 14.5. The van der Waals surface area contributed by atoms with Crippen LogP contribution in [0.3, 0.4) is 0 Å². The molecule has 6 heteroatoms. The van der Waals surface area contributed by atoms with Gasteiger partial charge < -0.3 is 16.0 Å². The lowest BCUT2D eigenvalue weighted by atomic mass is 10.1. The van der Waals surface area contributed by atoms with E-state index < -0.39 is 0 Å². The highest BCUT2D eigenvalue weighted by atomic mass is 16.2. The lowest BCUT2D eigenvalue weighted by molar-refractivity contribution is -0.122. The van der Waals surface area contributed by atoms with Gasteiger partial charge in [-0.05, 0) is 38.5 Å². The number of amides is 3. The number of likely N-dealkylation sites (tertiary alicyclic amines) is 1. The molecule has 0 bridgehead atoms. The van der Waals surface area contributed by atoms with Gasteiger partial charge >= 0.3 is 6.03 Å². The van der Waals surface area contributed by atoms with Gasteiger partial charge in [-0.2, -0.15) is 0 Å². The third-order valence-corrected chi connectivity index (χ3v) is 4.26. The Hall–Kier alpha value is -1.30. The maximum absolute atomic E-state index is 11.9. The topological polar surface area (TPSA) is 73.5 Å². The van der Waals surface area contributed by atoms with Crippen LogP contribution in [0.4, 0.5) is 4.79 Å². The summed E-state index contributed by atoms with van der Waals surface area (Å²) in [5.74, 6) is 0.725. The Labute approximate surface area is 120 Å². The Balaban J connectivity index is 1.63. The second-order valence-electron chi connectivity index (χ2n) is 5.97. The van der Waals surface area contributed by atoms with E-state index in [1.165, 1.54) is 12.8 Å². The van der Waals surface area contributed by atoms with Crippen molar-refractivity contribution in [2.45, 2.75) is 44.7 Å². The fraction of sp³-hybridized carbons (Fsp3) is 0.857. The predicted octanol–water partition coefficient (Wildman–Crippen LogP) is 0.295. The van der Waals surface area contributed by atoms with Gasteiger partial charge in [0.2, 0.25) is 5.91 Å². The molecule has 2 aliphatic rings. The minimum atomic E-state index is -0.0471. The van der Waals surface area contributed by atoms with E-state index in [0.717, 1.165) is 25.9 Å². The molecular formula is C14H26N4O2. The van der Waals surface area contributed by atoms with Crippen molar-refractivity contribution < 1.29 is 9.59 Å². The summed E-state index contributed by atoms with van der Waals surface area (Å²) in [5.41, 5.74) is 0. The number of nitrogens with one attached hydrogen (secondary N) is 3. The van der Waals surface area contributed by atoms with Crippen LogP contribution < -0.4 is 16.0 Å². The molecule has 3 N–H and O–H groups in total. The second kappa shape index (κ2) is 6.92. The summed E-state index contributed by atoms with van der Waals surface area (Å²) in [6, 6.07) is 0.458. The van der Waals surface area contributed by atoms with E-state index in [1.54, 1.807) is 7.05 Å². The minimum absolute atomic E-state index is 0.0471. The van der Waals surface area contributed by atoms with Crippen LogP contribution in [0, 0.1) is 5.92 Å². The summed E-state index contributed by atoms with van der Waals surface area (Å²) in [6.45, 7) is 4.24. The van der Waals surface area contributed by atoms with Gasteiger partial charge in [0.1, 0.15) is 0 Å². The predicted molar refractivity (Wildman–Crippen MR) is 77.4 cm³/mol. The first-order valence-corrected chi connectivity index (χ1v) is 7.58. The number of hydrogen-bond donors (Lipinski definition) is 3. The zero-order valence-electron chi connectivity index (χ0n) is 12.4. The molecule has 1 saturated heterocycles. The van der Waals surface area contributed by atoms with Crippen LogP contribution in [0.1, 0.15) is 32.6 Å². The average Bonchev–Trinajstić information content (AvgIpc) is 3.25. The molecule has 1 aliphatic heterocycles. The molecular weight excluding hydrogens is 256 g/mol. The quantitative estimate of drug-likeness (QED) is 0.679. The molecule has 0 aromatic rings. The number of rotatable bonds is 5. The molecule has 0 radical (unpaired) electrons. The summed E-state index contributed by atoms with van der Waals surface area (Å²) in [6.07, 6.45) is 4.28. The van der Waals surface area contributed by atoms with Gasteiger partial charge in [0, 0.05) is 32.2 Å². The van der Waals surface area contributed by atoms with Crippen LogP contribution >= 0.6 is 0 Å². The number of carbonyl (C=O) groups is 2. The molecule has 114 valence electrons. The molecule has 20 heavy (non-hydrogen) atoms. The fourth-order valence-electron chi connectivity index (χ4n) is 2.67. The number of piperidine rings is 1. The maximum Gasteiger partial charge on any atom is 0.315 e. The van der Waals surface area contributed by atoms with E-state index in [-0.39, 0.29) is 24.0 Å². The number of hydrogen-bond acceptors (Lipinski definition) is 3. The van der Waals surface area contributed by atoms with E-state index >= 15 is 0 Å². The summed E-state index contributed by atoms with van der Waals surface area (Å²) in [7, 11) is 1.65. The SMILES string of the molecule is CNC(=O)CN1CCC(NC(=O)NC(C)C2CC2)CC1. The molecule has 1 saturated carbocycles. The Kier molecular flexibility index (Phi) is 5.23. The van der Waals surface area contributed by atoms with Crippen molar-refractivity contribution in [2.24, 2.45) is 5.92 Å². The molecule has 6 nitrogen and oxygen atoms in total. The average molecular weight is 282 g/mol. The van der Waals surface area contributed by atoms with Crippen LogP contribution in [-0.2, 0) is 4.79 Å². The molecule has 0 spiro atoms. The summed E-state index contributed by atoms with van der Waals surface area (Å²) in [5, 5.41) is 8.69. The standard InChI is InChI=1S/C14H26N4O2/c1-10(11-3-4-11)16-14(20)17-12-5-7-18(8-6-12)9-13(19)15-2/h10-12H,3-9H2,1-2H3,(H,15,19)(H2,16,17,20). The Morgan fingerprint density at radius 1 is 1.20 bits per heavy atom. The summed E-state index contributed by atoms with van der Waals surface area (Å²) >= 11 is 0. The highest BCUT2D eigenvalue weighted by molar-refractivity contribution is 5.77. The van der Waals surface area contributed by atoms with Crippen LogP contribution in [0.2, 0.25) is 0 Å². The monoisotopic (exact) mass is 282 g/mol. The van der Waals surface area contributed by atoms with E-state index in [1.807, 2.05) is 0 Å². The van der Waals surface area contributed by atoms with E-state index in [9.17, 15) is 9.59 Å². The smallest absolute Gasteiger partial charge is 0.315 e. The van der Waals surface area contributed by atoms with Gasteiger partial charge in [0.15, 0.2) is 0 Å². The normalized spacial score (nSPS) is 22.1. The molecule has 1 aliphatic carbocycles. The van der Waals surface area contributed by atoms with E-state index in [0.29, 0.717) is 12.5 Å². The zero-order valence-corrected chi connectivity index (χ0v) is 12.4. The first kappa shape index (κ1) is 15.1. The second-order valence-corrected chi connectivity index (χ2v) is 5.97. The van der Waals surface area contributed by atoms with Gasteiger partial charge in [-0.25, -0.2) is 4.79 Å². The largest absolute Gasteiger partial charge is 0.358 e. The van der Waals surface area contributed by atoms with Crippen molar-refractivity contribution in [1.82, 2.24) is 20.9 Å². The molecule has 0 aromatic heterocycles. The van der Waals surface area contributed by atoms with Crippen LogP contribution in [0.5, 0.6) is 0 Å². The summed E-state index contributed by atoms with van der Waals surface area (Å²) in [4.78, 5) is 25.3. The third-order valence-electron chi connectivity index (χ3n) is 4.26. The molecule has 0 aromatic carbocycles. The Bertz CT molecular complexity index is 349. The van der Waals surface area contributed by atoms with Crippen molar-refractivity contribution in [3.05, 3.63) is 0 Å². The molecule has 2 fully saturated rings. The van der Waals surface area contributed by atoms with Gasteiger partial charge in [0.05, 0.1) is 6.54 Å².